The van der Waals surface area contributed by atoms with E-state index in [1.54, 1.807) is 6.07 Å². The Kier molecular flexibility index (Phi) is 3.25. The van der Waals surface area contributed by atoms with Crippen LogP contribution >= 0.6 is 0 Å². The van der Waals surface area contributed by atoms with Crippen LogP contribution in [0.3, 0.4) is 0 Å². The van der Waals surface area contributed by atoms with Crippen LogP contribution in [0.4, 0.5) is 4.39 Å². The molecule has 0 aliphatic heterocycles. The van der Waals surface area contributed by atoms with E-state index in [2.05, 4.69) is 5.32 Å². The fourth-order valence-corrected chi connectivity index (χ4v) is 1.26. The third kappa shape index (κ3) is 2.42. The molecule has 0 saturated heterocycles. The molecular weight excluding hydrogens is 169 g/mol. The molecule has 13 heavy (non-hydrogen) atoms. The zero-order valence-electron chi connectivity index (χ0n) is 7.89. The first-order chi connectivity index (χ1) is 6.15. The van der Waals surface area contributed by atoms with Gasteiger partial charge in [0.15, 0.2) is 11.6 Å². The first kappa shape index (κ1) is 9.99. The molecule has 0 saturated carbocycles. The molecule has 72 valence electrons. The van der Waals surface area contributed by atoms with Gasteiger partial charge in [0, 0.05) is 0 Å². The van der Waals surface area contributed by atoms with Gasteiger partial charge in [-0.25, -0.2) is 4.39 Å². The number of hydrogen-bond donors (Lipinski definition) is 2. The maximum absolute atomic E-state index is 13.2. The van der Waals surface area contributed by atoms with Crippen LogP contribution in [0.1, 0.15) is 11.1 Å². The molecule has 0 aliphatic carbocycles. The second-order valence-corrected chi connectivity index (χ2v) is 3.11. The minimum absolute atomic E-state index is 0.258. The Balaban J connectivity index is 2.92. The van der Waals surface area contributed by atoms with Crippen LogP contribution in [-0.2, 0) is 6.42 Å². The third-order valence-corrected chi connectivity index (χ3v) is 1.92. The number of rotatable bonds is 3. The molecule has 1 rings (SSSR count). The highest BCUT2D eigenvalue weighted by Gasteiger charge is 2.07. The van der Waals surface area contributed by atoms with E-state index in [-0.39, 0.29) is 5.75 Å². The average Bonchev–Trinajstić information content (AvgIpc) is 2.09. The van der Waals surface area contributed by atoms with Gasteiger partial charge in [0.25, 0.3) is 0 Å². The first-order valence-electron chi connectivity index (χ1n) is 4.27. The van der Waals surface area contributed by atoms with Crippen LogP contribution in [0.25, 0.3) is 0 Å². The van der Waals surface area contributed by atoms with E-state index in [4.69, 9.17) is 0 Å². The Bertz CT molecular complexity index is 299. The molecule has 1 aromatic carbocycles. The summed E-state index contributed by atoms with van der Waals surface area (Å²) in [6.07, 6.45) is 0.595. The normalized spacial score (nSPS) is 10.4. The number of aryl methyl sites for hydroxylation is 1. The van der Waals surface area contributed by atoms with Crippen LogP contribution in [0.15, 0.2) is 12.1 Å². The maximum Gasteiger partial charge on any atom is 0.168 e. The Morgan fingerprint density at radius 1 is 1.46 bits per heavy atom. The average molecular weight is 183 g/mol. The summed E-state index contributed by atoms with van der Waals surface area (Å²) in [5, 5.41) is 12.1. The van der Waals surface area contributed by atoms with Crippen molar-refractivity contribution >= 4 is 0 Å². The molecule has 0 aromatic heterocycles. The molecule has 1 aromatic rings. The summed E-state index contributed by atoms with van der Waals surface area (Å²) in [7, 11) is 1.81. The number of phenols is 1. The molecular formula is C10H14FNO. The van der Waals surface area contributed by atoms with Crippen molar-refractivity contribution in [2.45, 2.75) is 13.3 Å². The standard InChI is InChI=1S/C10H14FNO/c1-7-5-8(3-4-12-2)10(11)9(13)6-7/h5-6,12-13H,3-4H2,1-2H3. The van der Waals surface area contributed by atoms with Gasteiger partial charge in [0.2, 0.25) is 0 Å². The van der Waals surface area contributed by atoms with Gasteiger partial charge in [0.1, 0.15) is 0 Å². The molecule has 3 heteroatoms. The fraction of sp³-hybridized carbons (Fsp3) is 0.400. The van der Waals surface area contributed by atoms with Gasteiger partial charge in [-0.3, -0.25) is 0 Å². The highest BCUT2D eigenvalue weighted by Crippen LogP contribution is 2.21. The minimum atomic E-state index is -0.499. The van der Waals surface area contributed by atoms with Gasteiger partial charge < -0.3 is 10.4 Å². The zero-order valence-corrected chi connectivity index (χ0v) is 7.89. The van der Waals surface area contributed by atoms with Gasteiger partial charge >= 0.3 is 0 Å². The Morgan fingerprint density at radius 2 is 2.15 bits per heavy atom. The molecule has 2 nitrogen and oxygen atoms in total. The lowest BCUT2D eigenvalue weighted by Gasteiger charge is -2.05. The Morgan fingerprint density at radius 3 is 2.77 bits per heavy atom. The molecule has 0 spiro atoms. The van der Waals surface area contributed by atoms with E-state index in [9.17, 15) is 9.50 Å². The molecule has 0 bridgehead atoms. The molecule has 0 unspecified atom stereocenters. The lowest BCUT2D eigenvalue weighted by atomic mass is 10.1. The molecule has 0 radical (unpaired) electrons. The van der Waals surface area contributed by atoms with Crippen molar-refractivity contribution < 1.29 is 9.50 Å². The van der Waals surface area contributed by atoms with E-state index in [0.717, 1.165) is 5.56 Å². The molecule has 0 heterocycles. The smallest absolute Gasteiger partial charge is 0.168 e. The van der Waals surface area contributed by atoms with E-state index in [1.807, 2.05) is 14.0 Å². The van der Waals surface area contributed by atoms with Gasteiger partial charge in [-0.1, -0.05) is 6.07 Å². The molecule has 0 amide bonds. The van der Waals surface area contributed by atoms with Crippen molar-refractivity contribution in [3.8, 4) is 5.75 Å². The molecule has 0 atom stereocenters. The van der Waals surface area contributed by atoms with E-state index in [1.165, 1.54) is 6.07 Å². The van der Waals surface area contributed by atoms with Gasteiger partial charge in [-0.15, -0.1) is 0 Å². The summed E-state index contributed by atoms with van der Waals surface area (Å²) in [6.45, 7) is 2.54. The fourth-order valence-electron chi connectivity index (χ4n) is 1.26. The second kappa shape index (κ2) is 4.23. The number of nitrogens with one attached hydrogen (secondary N) is 1. The Labute approximate surface area is 77.4 Å². The molecule has 0 fully saturated rings. The van der Waals surface area contributed by atoms with Crippen LogP contribution < -0.4 is 5.32 Å². The van der Waals surface area contributed by atoms with Crippen LogP contribution in [-0.4, -0.2) is 18.7 Å². The Hall–Kier alpha value is -1.09. The quantitative estimate of drug-likeness (QED) is 0.746. The lowest BCUT2D eigenvalue weighted by molar-refractivity contribution is 0.427. The topological polar surface area (TPSA) is 32.3 Å². The van der Waals surface area contributed by atoms with Crippen molar-refractivity contribution in [3.63, 3.8) is 0 Å². The zero-order chi connectivity index (χ0) is 9.84. The van der Waals surface area contributed by atoms with Gasteiger partial charge in [0.05, 0.1) is 0 Å². The van der Waals surface area contributed by atoms with Crippen molar-refractivity contribution in [3.05, 3.63) is 29.1 Å². The third-order valence-electron chi connectivity index (χ3n) is 1.92. The first-order valence-corrected chi connectivity index (χ1v) is 4.27. The predicted molar refractivity (Wildman–Crippen MR) is 50.4 cm³/mol. The van der Waals surface area contributed by atoms with Crippen molar-refractivity contribution in [2.75, 3.05) is 13.6 Å². The van der Waals surface area contributed by atoms with Gasteiger partial charge in [-0.05, 0) is 44.1 Å². The molecule has 2 N–H and O–H groups in total. The highest BCUT2D eigenvalue weighted by molar-refractivity contribution is 5.34. The van der Waals surface area contributed by atoms with Crippen molar-refractivity contribution in [1.29, 1.82) is 0 Å². The summed E-state index contributed by atoms with van der Waals surface area (Å²) in [5.41, 5.74) is 1.44. The lowest BCUT2D eigenvalue weighted by Crippen LogP contribution is -2.11. The predicted octanol–water partition coefficient (Wildman–Crippen LogP) is 1.60. The van der Waals surface area contributed by atoms with Gasteiger partial charge in [-0.2, -0.15) is 0 Å². The number of hydrogen-bond acceptors (Lipinski definition) is 2. The van der Waals surface area contributed by atoms with Crippen LogP contribution in [0.5, 0.6) is 5.75 Å². The summed E-state index contributed by atoms with van der Waals surface area (Å²) < 4.78 is 13.2. The second-order valence-electron chi connectivity index (χ2n) is 3.11. The van der Waals surface area contributed by atoms with E-state index in [0.29, 0.717) is 18.5 Å². The number of halogens is 1. The summed E-state index contributed by atoms with van der Waals surface area (Å²) in [4.78, 5) is 0. The monoisotopic (exact) mass is 183 g/mol. The van der Waals surface area contributed by atoms with Crippen molar-refractivity contribution in [2.24, 2.45) is 0 Å². The summed E-state index contributed by atoms with van der Waals surface area (Å²) in [5.74, 6) is -0.757. The van der Waals surface area contributed by atoms with Crippen molar-refractivity contribution in [1.82, 2.24) is 5.32 Å². The molecule has 0 aliphatic rings. The summed E-state index contributed by atoms with van der Waals surface area (Å²) in [6, 6.07) is 3.19. The van der Waals surface area contributed by atoms with E-state index < -0.39 is 5.82 Å². The maximum atomic E-state index is 13.2. The van der Waals surface area contributed by atoms with Crippen LogP contribution in [0, 0.1) is 12.7 Å². The number of aromatic hydroxyl groups is 1. The number of phenolic OH excluding ortho intramolecular Hbond substituents is 1. The SMILES string of the molecule is CNCCc1cc(C)cc(O)c1F. The minimum Gasteiger partial charge on any atom is -0.505 e. The number of benzene rings is 1. The summed E-state index contributed by atoms with van der Waals surface area (Å²) >= 11 is 0. The highest BCUT2D eigenvalue weighted by atomic mass is 19.1. The number of likely N-dealkylation sites (N-methyl/N-ethyl adjacent to an activating group) is 1. The van der Waals surface area contributed by atoms with Crippen LogP contribution in [0.2, 0.25) is 0 Å². The van der Waals surface area contributed by atoms with E-state index >= 15 is 0 Å². The largest absolute Gasteiger partial charge is 0.505 e.